The van der Waals surface area contributed by atoms with Gasteiger partial charge in [0, 0.05) is 0 Å². The van der Waals surface area contributed by atoms with E-state index in [0.717, 1.165) is 5.56 Å². The van der Waals surface area contributed by atoms with E-state index in [1.54, 1.807) is 20.8 Å². The van der Waals surface area contributed by atoms with Crippen LogP contribution < -0.4 is 11.0 Å². The van der Waals surface area contributed by atoms with Gasteiger partial charge in [-0.3, -0.25) is 9.36 Å². The first-order valence-corrected chi connectivity index (χ1v) is 9.97. The average molecular weight is 415 g/mol. The van der Waals surface area contributed by atoms with E-state index in [-0.39, 0.29) is 18.6 Å². The summed E-state index contributed by atoms with van der Waals surface area (Å²) in [5, 5.41) is 0. The van der Waals surface area contributed by atoms with Gasteiger partial charge in [-0.05, 0) is 42.3 Å². The van der Waals surface area contributed by atoms with Crippen molar-refractivity contribution in [1.29, 1.82) is 0 Å². The van der Waals surface area contributed by atoms with Crippen molar-refractivity contribution in [3.05, 3.63) is 56.5 Å². The van der Waals surface area contributed by atoms with Crippen molar-refractivity contribution in [2.75, 3.05) is 13.2 Å². The molecule has 1 heterocycles. The zero-order valence-corrected chi connectivity index (χ0v) is 16.3. The summed E-state index contributed by atoms with van der Waals surface area (Å²) in [6, 6.07) is 9.55. The number of aromatic nitrogens is 2. The third-order valence-electron chi connectivity index (χ3n) is 3.38. The molecule has 1 aromatic carbocycles. The van der Waals surface area contributed by atoms with Crippen LogP contribution in [0.15, 0.2) is 39.7 Å². The molecule has 2 aromatic rings. The van der Waals surface area contributed by atoms with E-state index >= 15 is 0 Å². The molecule has 0 unspecified atom stereocenters. The number of hydrogen-bond donors (Lipinski definition) is 0. The Morgan fingerprint density at radius 3 is 2.29 bits per heavy atom. The molecule has 6 nitrogen and oxygen atoms in total. The highest BCUT2D eigenvalue weighted by Gasteiger charge is 2.34. The van der Waals surface area contributed by atoms with Gasteiger partial charge in [-0.2, -0.15) is 0 Å². The largest absolute Gasteiger partial charge is 0.385 e. The smallest absolute Gasteiger partial charge is 0.304 e. The summed E-state index contributed by atoms with van der Waals surface area (Å²) in [7, 11) is -3.76. The molecule has 0 aliphatic heterocycles. The summed E-state index contributed by atoms with van der Waals surface area (Å²) in [6.45, 7) is 5.81. The predicted molar refractivity (Wildman–Crippen MR) is 97.0 cm³/mol. The van der Waals surface area contributed by atoms with Crippen LogP contribution in [0.5, 0.6) is 0 Å². The van der Waals surface area contributed by atoms with Crippen LogP contribution in [0, 0.1) is 6.92 Å². The predicted octanol–water partition coefficient (Wildman–Crippen LogP) is 3.25. The fourth-order valence-electron chi connectivity index (χ4n) is 2.24. The van der Waals surface area contributed by atoms with Gasteiger partial charge in [-0.25, -0.2) is 4.98 Å². The topological polar surface area (TPSA) is 70.4 Å². The Kier molecular flexibility index (Phi) is 6.52. The van der Waals surface area contributed by atoms with Gasteiger partial charge < -0.3 is 13.6 Å². The van der Waals surface area contributed by atoms with Crippen molar-refractivity contribution in [2.45, 2.75) is 27.3 Å². The lowest BCUT2D eigenvalue weighted by Gasteiger charge is -2.19. The Bertz CT molecular complexity index is 798. The monoisotopic (exact) mass is 414 g/mol. The molecule has 0 fully saturated rings. The van der Waals surface area contributed by atoms with Gasteiger partial charge in [0.15, 0.2) is 0 Å². The minimum absolute atomic E-state index is 0.155. The fraction of sp³-hybridized carbons (Fsp3) is 0.375. The maximum atomic E-state index is 13.0. The summed E-state index contributed by atoms with van der Waals surface area (Å²) in [5.74, 6) is 0. The Balaban J connectivity index is 2.59. The highest BCUT2D eigenvalue weighted by molar-refractivity contribution is 9.10. The average Bonchev–Trinajstić information content (AvgIpc) is 2.56. The van der Waals surface area contributed by atoms with Gasteiger partial charge in [0.25, 0.3) is 5.56 Å². The molecule has 0 bridgehead atoms. The Morgan fingerprint density at radius 2 is 1.75 bits per heavy atom. The molecule has 0 amide bonds. The zero-order valence-electron chi connectivity index (χ0n) is 13.9. The van der Waals surface area contributed by atoms with Crippen LogP contribution in [-0.2, 0) is 20.2 Å². The number of rotatable bonds is 7. The minimum atomic E-state index is -3.76. The summed E-state index contributed by atoms with van der Waals surface area (Å²) in [5.41, 5.74) is 0.936. The molecule has 0 aliphatic carbocycles. The summed E-state index contributed by atoms with van der Waals surface area (Å²) in [4.78, 5) is 17.0. The molecule has 0 atom stereocenters. The fourth-order valence-corrected chi connectivity index (χ4v) is 4.35. The zero-order chi connectivity index (χ0) is 17.7. The Hall–Kier alpha value is -1.27. The molecule has 0 saturated heterocycles. The first kappa shape index (κ1) is 19.1. The molecule has 0 spiro atoms. The maximum Gasteiger partial charge on any atom is 0.385 e. The van der Waals surface area contributed by atoms with Crippen LogP contribution in [0.1, 0.15) is 25.1 Å². The molecule has 24 heavy (non-hydrogen) atoms. The van der Waals surface area contributed by atoms with Gasteiger partial charge >= 0.3 is 7.60 Å². The quantitative estimate of drug-likeness (QED) is 0.650. The van der Waals surface area contributed by atoms with Crippen LogP contribution in [-0.4, -0.2) is 22.8 Å². The van der Waals surface area contributed by atoms with Crippen LogP contribution >= 0.6 is 23.5 Å². The molecule has 8 heteroatoms. The van der Waals surface area contributed by atoms with E-state index in [0.29, 0.717) is 16.8 Å². The van der Waals surface area contributed by atoms with Crippen molar-refractivity contribution >= 4 is 29.0 Å². The minimum Gasteiger partial charge on any atom is -0.304 e. The molecule has 130 valence electrons. The van der Waals surface area contributed by atoms with Gasteiger partial charge in [-0.1, -0.05) is 30.3 Å². The summed E-state index contributed by atoms with van der Waals surface area (Å²) < 4.78 is 25.5. The first-order valence-electron chi connectivity index (χ1n) is 7.63. The lowest BCUT2D eigenvalue weighted by Crippen LogP contribution is -2.39. The van der Waals surface area contributed by atoms with E-state index in [1.807, 2.05) is 30.3 Å². The van der Waals surface area contributed by atoms with Crippen LogP contribution in [0.2, 0.25) is 0 Å². The second-order valence-corrected chi connectivity index (χ2v) is 7.71. The van der Waals surface area contributed by atoms with Gasteiger partial charge in [-0.15, -0.1) is 0 Å². The van der Waals surface area contributed by atoms with Gasteiger partial charge in [0.1, 0.15) is 4.60 Å². The van der Waals surface area contributed by atoms with Gasteiger partial charge in [0.05, 0.1) is 25.5 Å². The third-order valence-corrected chi connectivity index (χ3v) is 6.14. The maximum absolute atomic E-state index is 13.0. The van der Waals surface area contributed by atoms with E-state index in [4.69, 9.17) is 9.05 Å². The second-order valence-electron chi connectivity index (χ2n) is 5.02. The molecule has 0 N–H and O–H groups in total. The first-order chi connectivity index (χ1) is 11.4. The molecule has 0 aliphatic rings. The molecule has 0 saturated carbocycles. The third kappa shape index (κ3) is 4.03. The van der Waals surface area contributed by atoms with Crippen molar-refractivity contribution in [3.8, 4) is 0 Å². The van der Waals surface area contributed by atoms with Crippen LogP contribution in [0.25, 0.3) is 0 Å². The molecule has 0 radical (unpaired) electrons. The highest BCUT2D eigenvalue weighted by Crippen LogP contribution is 2.45. The van der Waals surface area contributed by atoms with Crippen molar-refractivity contribution < 1.29 is 13.6 Å². The van der Waals surface area contributed by atoms with E-state index in [9.17, 15) is 9.36 Å². The Labute approximate surface area is 149 Å². The summed E-state index contributed by atoms with van der Waals surface area (Å²) >= 11 is 3.34. The summed E-state index contributed by atoms with van der Waals surface area (Å²) in [6.07, 6.45) is 0. The SMILES string of the molecule is CCOP(=O)(OCC)c1nc(Br)c(C)n(Cc2ccccc2)c1=O. The van der Waals surface area contributed by atoms with Crippen molar-refractivity contribution in [1.82, 2.24) is 9.55 Å². The van der Waals surface area contributed by atoms with E-state index in [2.05, 4.69) is 20.9 Å². The highest BCUT2D eigenvalue weighted by atomic mass is 79.9. The molecule has 2 rings (SSSR count). The van der Waals surface area contributed by atoms with Crippen LogP contribution in [0.4, 0.5) is 0 Å². The number of halogens is 1. The molecular weight excluding hydrogens is 395 g/mol. The number of benzene rings is 1. The molecular formula is C16H20BrN2O4P. The van der Waals surface area contributed by atoms with E-state index in [1.165, 1.54) is 4.57 Å². The Morgan fingerprint density at radius 1 is 1.17 bits per heavy atom. The number of hydrogen-bond acceptors (Lipinski definition) is 5. The lowest BCUT2D eigenvalue weighted by molar-refractivity contribution is 0.229. The van der Waals surface area contributed by atoms with Crippen LogP contribution in [0.3, 0.4) is 0 Å². The standard InChI is InChI=1S/C16H20BrN2O4P/c1-4-22-24(21,23-5-2)15-16(20)19(12(3)14(17)18-15)11-13-9-7-6-8-10-13/h6-10H,4-5,11H2,1-3H3. The lowest BCUT2D eigenvalue weighted by atomic mass is 10.2. The van der Waals surface area contributed by atoms with E-state index < -0.39 is 13.2 Å². The normalized spacial score (nSPS) is 11.7. The second kappa shape index (κ2) is 8.21. The van der Waals surface area contributed by atoms with Crippen molar-refractivity contribution in [2.24, 2.45) is 0 Å². The van der Waals surface area contributed by atoms with Gasteiger partial charge in [0.2, 0.25) is 5.44 Å². The number of nitrogens with zero attached hydrogens (tertiary/aromatic N) is 2. The molecule has 1 aromatic heterocycles. The van der Waals surface area contributed by atoms with Crippen molar-refractivity contribution in [3.63, 3.8) is 0 Å².